The van der Waals surface area contributed by atoms with Crippen molar-refractivity contribution < 1.29 is 24.2 Å². The maximum absolute atomic E-state index is 10.9. The minimum Gasteiger partial charge on any atom is -0.491 e. The Labute approximate surface area is 242 Å². The first-order valence-corrected chi connectivity index (χ1v) is 13.5. The van der Waals surface area contributed by atoms with E-state index in [4.69, 9.17) is 27.9 Å². The number of fused-ring (bicyclic) bond motifs is 3. The number of halogens is 2. The molecule has 0 aliphatic carbocycles. The van der Waals surface area contributed by atoms with Crippen LogP contribution in [0.3, 0.4) is 0 Å². The minimum atomic E-state index is -0.751. The number of benzene rings is 3. The number of H-pyrrole nitrogens is 1. The van der Waals surface area contributed by atoms with Gasteiger partial charge in [-0.1, -0.05) is 35.3 Å². The number of hydrogen-bond acceptors (Lipinski definition) is 6. The summed E-state index contributed by atoms with van der Waals surface area (Å²) in [5.74, 6) is 1.01. The zero-order valence-corrected chi connectivity index (χ0v) is 23.7. The summed E-state index contributed by atoms with van der Waals surface area (Å²) in [7, 11) is 2.13. The van der Waals surface area contributed by atoms with E-state index in [1.807, 2.05) is 30.3 Å². The number of nitrogens with one attached hydrogen (secondary N) is 2. The lowest BCUT2D eigenvalue weighted by Gasteiger charge is -2.33. The van der Waals surface area contributed by atoms with Crippen LogP contribution in [0.25, 0.3) is 10.9 Å². The van der Waals surface area contributed by atoms with E-state index in [-0.39, 0.29) is 25.1 Å². The van der Waals surface area contributed by atoms with Crippen LogP contribution in [0.4, 0.5) is 0 Å². The van der Waals surface area contributed by atoms with E-state index in [0.29, 0.717) is 23.0 Å². The number of rotatable bonds is 8. The molecule has 0 saturated carbocycles. The molecule has 210 valence electrons. The Bertz CT molecular complexity index is 1440. The fourth-order valence-corrected chi connectivity index (χ4v) is 4.93. The largest absolute Gasteiger partial charge is 0.491 e. The fourth-order valence-electron chi connectivity index (χ4n) is 4.63. The lowest BCUT2D eigenvalue weighted by atomic mass is 9.93. The number of likely N-dealkylation sites (N-methyl/N-ethyl adjacent to an activating group) is 1. The molecule has 40 heavy (non-hydrogen) atoms. The molecule has 1 aromatic heterocycles. The van der Waals surface area contributed by atoms with Crippen LogP contribution in [0.15, 0.2) is 66.7 Å². The highest BCUT2D eigenvalue weighted by Crippen LogP contribution is 2.38. The van der Waals surface area contributed by atoms with Gasteiger partial charge in [0.2, 0.25) is 5.91 Å². The van der Waals surface area contributed by atoms with Gasteiger partial charge >= 0.3 is 0 Å². The van der Waals surface area contributed by atoms with Crippen molar-refractivity contribution in [1.82, 2.24) is 15.2 Å². The highest BCUT2D eigenvalue weighted by molar-refractivity contribution is 6.31. The number of carbonyl (C=O) groups excluding carboxylic acids is 2. The second-order valence-corrected chi connectivity index (χ2v) is 10.4. The van der Waals surface area contributed by atoms with Crippen LogP contribution in [-0.2, 0) is 16.0 Å². The fraction of sp³-hybridized carbons (Fsp3) is 0.267. The molecule has 5 rings (SSSR count). The summed E-state index contributed by atoms with van der Waals surface area (Å²) in [6.45, 7) is 3.05. The third-order valence-corrected chi connectivity index (χ3v) is 7.04. The van der Waals surface area contributed by atoms with Gasteiger partial charge in [0.1, 0.15) is 24.2 Å². The monoisotopic (exact) mass is 583 g/mol. The number of nitrogens with zero attached hydrogens (tertiary/aromatic N) is 1. The number of aliphatic hydroxyl groups excluding tert-OH is 1. The average Bonchev–Trinajstić information content (AvgIpc) is 3.30. The van der Waals surface area contributed by atoms with Crippen molar-refractivity contribution in [1.29, 1.82) is 0 Å². The van der Waals surface area contributed by atoms with Gasteiger partial charge in [-0.3, -0.25) is 14.5 Å². The van der Waals surface area contributed by atoms with Crippen molar-refractivity contribution in [3.8, 4) is 11.5 Å². The first-order valence-electron chi connectivity index (χ1n) is 12.8. The summed E-state index contributed by atoms with van der Waals surface area (Å²) >= 11 is 11.8. The molecule has 2 unspecified atom stereocenters. The SMILES string of the molecule is CC(=O)NCC(O)COc1ccc(C2c3[nH]c4ccc(Cl)cc4c3CCN2C)cc1.O=COc1ccc(Cl)cc1. The molecule has 2 heterocycles. The Balaban J connectivity index is 0.000000312. The van der Waals surface area contributed by atoms with Gasteiger partial charge in [0, 0.05) is 46.7 Å². The first-order chi connectivity index (χ1) is 19.2. The van der Waals surface area contributed by atoms with Crippen molar-refractivity contribution in [3.63, 3.8) is 0 Å². The molecule has 0 radical (unpaired) electrons. The summed E-state index contributed by atoms with van der Waals surface area (Å²) < 4.78 is 10.2. The zero-order valence-electron chi connectivity index (χ0n) is 22.2. The summed E-state index contributed by atoms with van der Waals surface area (Å²) in [4.78, 5) is 26.7. The van der Waals surface area contributed by atoms with Gasteiger partial charge in [0.15, 0.2) is 0 Å². The molecule has 3 aromatic carbocycles. The lowest BCUT2D eigenvalue weighted by molar-refractivity contribution is -0.121. The molecule has 0 bridgehead atoms. The Morgan fingerprint density at radius 3 is 2.45 bits per heavy atom. The van der Waals surface area contributed by atoms with Gasteiger partial charge in [-0.15, -0.1) is 0 Å². The van der Waals surface area contributed by atoms with Crippen LogP contribution in [0.2, 0.25) is 10.0 Å². The molecule has 0 fully saturated rings. The molecule has 1 aliphatic rings. The first kappa shape index (κ1) is 29.4. The quantitative estimate of drug-likeness (QED) is 0.248. The number of amides is 1. The number of aliphatic hydroxyl groups is 1. The summed E-state index contributed by atoms with van der Waals surface area (Å²) in [5.41, 5.74) is 4.82. The van der Waals surface area contributed by atoms with E-state index in [9.17, 15) is 14.7 Å². The van der Waals surface area contributed by atoms with Crippen LogP contribution in [0, 0.1) is 0 Å². The molecule has 1 amide bonds. The van der Waals surface area contributed by atoms with Crippen LogP contribution in [0.5, 0.6) is 11.5 Å². The Morgan fingerprint density at radius 1 is 1.10 bits per heavy atom. The summed E-state index contributed by atoms with van der Waals surface area (Å²) in [6.07, 6.45) is 0.231. The van der Waals surface area contributed by atoms with Gasteiger partial charge in [0.05, 0.1) is 6.04 Å². The van der Waals surface area contributed by atoms with Gasteiger partial charge in [-0.2, -0.15) is 0 Å². The van der Waals surface area contributed by atoms with E-state index >= 15 is 0 Å². The van der Waals surface area contributed by atoms with Crippen LogP contribution >= 0.6 is 23.2 Å². The highest BCUT2D eigenvalue weighted by atomic mass is 35.5. The zero-order chi connectivity index (χ0) is 28.6. The predicted molar refractivity (Wildman–Crippen MR) is 156 cm³/mol. The smallest absolute Gasteiger partial charge is 0.298 e. The van der Waals surface area contributed by atoms with Gasteiger partial charge in [0.25, 0.3) is 6.47 Å². The normalized spacial score (nSPS) is 15.4. The Hall–Kier alpha value is -3.56. The highest BCUT2D eigenvalue weighted by Gasteiger charge is 2.29. The van der Waals surface area contributed by atoms with Crippen molar-refractivity contribution >= 4 is 46.5 Å². The molecule has 3 N–H and O–H groups in total. The standard InChI is InChI=1S/C23H26ClN3O3.C7H5ClO2/c1-14(28)25-12-17(29)13-30-18-6-3-15(4-7-18)23-22-19(9-10-27(23)2)20-11-16(24)5-8-21(20)26-22;8-6-1-3-7(4-2-6)10-5-9/h3-8,11,17,23,26,29H,9-10,12-13H2,1-2H3,(H,25,28);1-5H. The maximum Gasteiger partial charge on any atom is 0.298 e. The van der Waals surface area contributed by atoms with Crippen molar-refractivity contribution in [2.24, 2.45) is 0 Å². The van der Waals surface area contributed by atoms with Crippen molar-refractivity contribution in [2.75, 3.05) is 26.7 Å². The second kappa shape index (κ2) is 13.7. The molecule has 0 spiro atoms. The average molecular weight is 585 g/mol. The molecule has 0 saturated heterocycles. The minimum absolute atomic E-state index is 0.121. The maximum atomic E-state index is 10.9. The summed E-state index contributed by atoms with van der Waals surface area (Å²) in [6, 6.07) is 20.6. The van der Waals surface area contributed by atoms with E-state index in [1.165, 1.54) is 29.1 Å². The molecule has 1 aliphatic heterocycles. The molecule has 2 atom stereocenters. The number of carbonyl (C=O) groups is 2. The van der Waals surface area contributed by atoms with Crippen LogP contribution < -0.4 is 14.8 Å². The van der Waals surface area contributed by atoms with E-state index < -0.39 is 6.10 Å². The molecule has 8 nitrogen and oxygen atoms in total. The molecular weight excluding hydrogens is 553 g/mol. The summed E-state index contributed by atoms with van der Waals surface area (Å²) in [5, 5.41) is 15.0. The molecule has 4 aromatic rings. The van der Waals surface area contributed by atoms with E-state index in [0.717, 1.165) is 23.5 Å². The van der Waals surface area contributed by atoms with Gasteiger partial charge in [-0.25, -0.2) is 0 Å². The van der Waals surface area contributed by atoms with Gasteiger partial charge < -0.3 is 24.9 Å². The van der Waals surface area contributed by atoms with E-state index in [2.05, 4.69) is 39.1 Å². The Morgan fingerprint density at radius 2 is 1.77 bits per heavy atom. The third-order valence-electron chi connectivity index (χ3n) is 6.55. The number of aromatic nitrogens is 1. The lowest BCUT2D eigenvalue weighted by Crippen LogP contribution is -2.34. The molecule has 10 heteroatoms. The topological polar surface area (TPSA) is 104 Å². The Kier molecular flexibility index (Phi) is 10.1. The second-order valence-electron chi connectivity index (χ2n) is 9.48. The van der Waals surface area contributed by atoms with Crippen molar-refractivity contribution in [3.05, 3.63) is 93.6 Å². The molecular formula is C30H31Cl2N3O5. The number of aromatic amines is 1. The number of hydrogen-bond donors (Lipinski definition) is 3. The van der Waals surface area contributed by atoms with Crippen LogP contribution in [0.1, 0.15) is 29.8 Å². The predicted octanol–water partition coefficient (Wildman–Crippen LogP) is 5.15. The van der Waals surface area contributed by atoms with Crippen molar-refractivity contribution in [2.45, 2.75) is 25.5 Å². The van der Waals surface area contributed by atoms with Gasteiger partial charge in [-0.05, 0) is 79.2 Å². The van der Waals surface area contributed by atoms with Crippen LogP contribution in [-0.4, -0.2) is 60.2 Å². The third kappa shape index (κ3) is 7.55. The van der Waals surface area contributed by atoms with E-state index in [1.54, 1.807) is 24.3 Å². The number of ether oxygens (including phenoxy) is 2.